The van der Waals surface area contributed by atoms with Crippen LogP contribution in [-0.2, 0) is 9.59 Å². The number of amides is 2. The molecule has 1 aromatic carbocycles. The van der Waals surface area contributed by atoms with E-state index in [9.17, 15) is 14.0 Å². The molecule has 20 heavy (non-hydrogen) atoms. The molecule has 1 atom stereocenters. The number of rotatable bonds is 1. The number of anilines is 1. The summed E-state index contributed by atoms with van der Waals surface area (Å²) in [6, 6.07) is 5.41. The first-order valence-corrected chi connectivity index (χ1v) is 6.95. The van der Waals surface area contributed by atoms with E-state index in [1.54, 1.807) is 25.1 Å². The van der Waals surface area contributed by atoms with Crippen LogP contribution in [0.15, 0.2) is 24.3 Å². The van der Waals surface area contributed by atoms with Gasteiger partial charge in [-0.3, -0.25) is 14.5 Å². The fourth-order valence-electron chi connectivity index (χ4n) is 3.20. The molecule has 1 saturated heterocycles. The Bertz CT molecular complexity index is 567. The van der Waals surface area contributed by atoms with Gasteiger partial charge in [0.15, 0.2) is 0 Å². The van der Waals surface area contributed by atoms with Crippen molar-refractivity contribution in [2.75, 3.05) is 4.90 Å². The highest BCUT2D eigenvalue weighted by atomic mass is 19.1. The third-order valence-electron chi connectivity index (χ3n) is 4.33. The van der Waals surface area contributed by atoms with Crippen molar-refractivity contribution in [1.82, 2.24) is 5.32 Å². The molecule has 4 nitrogen and oxygen atoms in total. The lowest BCUT2D eigenvalue weighted by atomic mass is 9.90. The molecule has 1 aliphatic carbocycles. The summed E-state index contributed by atoms with van der Waals surface area (Å²) in [5.74, 6) is -0.877. The Balaban J connectivity index is 2.05. The molecule has 1 N–H and O–H groups in total. The van der Waals surface area contributed by atoms with E-state index in [0.29, 0.717) is 12.8 Å². The SMILES string of the molecule is CC1C(=O)NC2(CCCC2)C(=O)N1c1ccccc1F. The number of para-hydroxylation sites is 1. The molecule has 1 aliphatic heterocycles. The van der Waals surface area contributed by atoms with Crippen molar-refractivity contribution in [3.63, 3.8) is 0 Å². The second kappa shape index (κ2) is 4.58. The molecule has 2 amide bonds. The minimum atomic E-state index is -0.828. The van der Waals surface area contributed by atoms with Gasteiger partial charge in [0.1, 0.15) is 17.4 Å². The summed E-state index contributed by atoms with van der Waals surface area (Å²) >= 11 is 0. The van der Waals surface area contributed by atoms with Crippen LogP contribution >= 0.6 is 0 Å². The minimum Gasteiger partial charge on any atom is -0.340 e. The van der Waals surface area contributed by atoms with Crippen LogP contribution in [0.2, 0.25) is 0 Å². The van der Waals surface area contributed by atoms with Crippen LogP contribution in [0.5, 0.6) is 0 Å². The summed E-state index contributed by atoms with van der Waals surface area (Å²) in [7, 11) is 0. The number of piperazine rings is 1. The van der Waals surface area contributed by atoms with Crippen LogP contribution in [-0.4, -0.2) is 23.4 Å². The van der Waals surface area contributed by atoms with Crippen LogP contribution in [0.25, 0.3) is 0 Å². The summed E-state index contributed by atoms with van der Waals surface area (Å²) in [6.07, 6.45) is 3.08. The molecule has 106 valence electrons. The molecule has 0 radical (unpaired) electrons. The van der Waals surface area contributed by atoms with Crippen molar-refractivity contribution < 1.29 is 14.0 Å². The van der Waals surface area contributed by atoms with Gasteiger partial charge in [0.25, 0.3) is 5.91 Å². The van der Waals surface area contributed by atoms with Crippen LogP contribution in [0.3, 0.4) is 0 Å². The van der Waals surface area contributed by atoms with Gasteiger partial charge in [-0.15, -0.1) is 0 Å². The molecular weight excluding hydrogens is 259 g/mol. The summed E-state index contributed by atoms with van der Waals surface area (Å²) in [5.41, 5.74) is -0.641. The number of nitrogens with zero attached hydrogens (tertiary/aromatic N) is 1. The molecule has 2 fully saturated rings. The zero-order chi connectivity index (χ0) is 14.3. The predicted octanol–water partition coefficient (Wildman–Crippen LogP) is 1.99. The Hall–Kier alpha value is -1.91. The lowest BCUT2D eigenvalue weighted by Crippen LogP contribution is -2.69. The smallest absolute Gasteiger partial charge is 0.253 e. The molecule has 1 unspecified atom stereocenters. The highest BCUT2D eigenvalue weighted by molar-refractivity contribution is 6.10. The summed E-state index contributed by atoms with van der Waals surface area (Å²) in [4.78, 5) is 26.3. The van der Waals surface area contributed by atoms with E-state index in [2.05, 4.69) is 5.32 Å². The van der Waals surface area contributed by atoms with Crippen molar-refractivity contribution in [2.24, 2.45) is 0 Å². The van der Waals surface area contributed by atoms with E-state index in [-0.39, 0.29) is 17.5 Å². The first kappa shape index (κ1) is 13.1. The number of nitrogens with one attached hydrogen (secondary N) is 1. The van der Waals surface area contributed by atoms with Crippen molar-refractivity contribution in [3.05, 3.63) is 30.1 Å². The highest BCUT2D eigenvalue weighted by Crippen LogP contribution is 2.37. The zero-order valence-electron chi connectivity index (χ0n) is 11.4. The van der Waals surface area contributed by atoms with Gasteiger partial charge in [-0.1, -0.05) is 25.0 Å². The van der Waals surface area contributed by atoms with Gasteiger partial charge >= 0.3 is 0 Å². The van der Waals surface area contributed by atoms with Gasteiger partial charge in [-0.25, -0.2) is 4.39 Å². The third kappa shape index (κ3) is 1.80. The number of carbonyl (C=O) groups excluding carboxylic acids is 2. The van der Waals surface area contributed by atoms with E-state index in [1.165, 1.54) is 11.0 Å². The third-order valence-corrected chi connectivity index (χ3v) is 4.33. The van der Waals surface area contributed by atoms with Gasteiger partial charge in [0.2, 0.25) is 5.91 Å². The van der Waals surface area contributed by atoms with Crippen LogP contribution in [0.1, 0.15) is 32.6 Å². The van der Waals surface area contributed by atoms with Gasteiger partial charge in [-0.05, 0) is 31.9 Å². The Morgan fingerprint density at radius 1 is 1.25 bits per heavy atom. The minimum absolute atomic E-state index is 0.186. The fourth-order valence-corrected chi connectivity index (χ4v) is 3.20. The molecular formula is C15H17FN2O2. The number of hydrogen-bond acceptors (Lipinski definition) is 2. The Morgan fingerprint density at radius 2 is 1.90 bits per heavy atom. The summed E-state index contributed by atoms with van der Waals surface area (Å²) in [5, 5.41) is 2.86. The Labute approximate surface area is 117 Å². The quantitative estimate of drug-likeness (QED) is 0.852. The molecule has 1 spiro atoms. The van der Waals surface area contributed by atoms with Crippen molar-refractivity contribution in [3.8, 4) is 0 Å². The van der Waals surface area contributed by atoms with E-state index in [4.69, 9.17) is 0 Å². The van der Waals surface area contributed by atoms with Crippen molar-refractivity contribution in [2.45, 2.75) is 44.2 Å². The maximum Gasteiger partial charge on any atom is 0.253 e. The molecule has 0 bridgehead atoms. The van der Waals surface area contributed by atoms with E-state index in [1.807, 2.05) is 0 Å². The average Bonchev–Trinajstić information content (AvgIpc) is 2.89. The molecule has 1 aromatic rings. The fraction of sp³-hybridized carbons (Fsp3) is 0.467. The van der Waals surface area contributed by atoms with Crippen molar-refractivity contribution >= 4 is 17.5 Å². The van der Waals surface area contributed by atoms with Gasteiger partial charge in [0, 0.05) is 0 Å². The molecule has 1 heterocycles. The molecule has 0 aromatic heterocycles. The first-order chi connectivity index (χ1) is 9.55. The summed E-state index contributed by atoms with van der Waals surface area (Å²) in [6.45, 7) is 1.63. The van der Waals surface area contributed by atoms with Gasteiger partial charge in [0.05, 0.1) is 5.69 Å². The van der Waals surface area contributed by atoms with Gasteiger partial charge in [-0.2, -0.15) is 0 Å². The lowest BCUT2D eigenvalue weighted by molar-refractivity contribution is -0.137. The van der Waals surface area contributed by atoms with Crippen LogP contribution in [0, 0.1) is 5.82 Å². The molecule has 3 rings (SSSR count). The average molecular weight is 276 g/mol. The van der Waals surface area contributed by atoms with Crippen LogP contribution < -0.4 is 10.2 Å². The number of benzene rings is 1. The second-order valence-corrected chi connectivity index (χ2v) is 5.58. The Kier molecular flexibility index (Phi) is 3.00. The highest BCUT2D eigenvalue weighted by Gasteiger charge is 2.51. The molecule has 2 aliphatic rings. The first-order valence-electron chi connectivity index (χ1n) is 6.95. The molecule has 1 saturated carbocycles. The predicted molar refractivity (Wildman–Crippen MR) is 72.7 cm³/mol. The number of halogens is 1. The number of hydrogen-bond donors (Lipinski definition) is 1. The van der Waals surface area contributed by atoms with E-state index >= 15 is 0 Å². The molecule has 5 heteroatoms. The zero-order valence-corrected chi connectivity index (χ0v) is 11.4. The topological polar surface area (TPSA) is 49.4 Å². The number of carbonyl (C=O) groups is 2. The standard InChI is InChI=1S/C15H17FN2O2/c1-10-13(19)17-15(8-4-5-9-15)14(20)18(10)12-7-3-2-6-11(12)16/h2-3,6-7,10H,4-5,8-9H2,1H3,(H,17,19). The largest absolute Gasteiger partial charge is 0.340 e. The normalized spacial score (nSPS) is 25.1. The monoisotopic (exact) mass is 276 g/mol. The maximum atomic E-state index is 14.0. The Morgan fingerprint density at radius 3 is 2.55 bits per heavy atom. The van der Waals surface area contributed by atoms with E-state index < -0.39 is 17.4 Å². The lowest BCUT2D eigenvalue weighted by Gasteiger charge is -2.43. The van der Waals surface area contributed by atoms with E-state index in [0.717, 1.165) is 12.8 Å². The van der Waals surface area contributed by atoms with Gasteiger partial charge < -0.3 is 5.32 Å². The summed E-state index contributed by atoms with van der Waals surface area (Å²) < 4.78 is 14.0. The maximum absolute atomic E-state index is 14.0. The van der Waals surface area contributed by atoms with Crippen LogP contribution in [0.4, 0.5) is 10.1 Å². The second-order valence-electron chi connectivity index (χ2n) is 5.58. The van der Waals surface area contributed by atoms with Crippen molar-refractivity contribution in [1.29, 1.82) is 0 Å².